The summed E-state index contributed by atoms with van der Waals surface area (Å²) in [4.78, 5) is 2.69. The summed E-state index contributed by atoms with van der Waals surface area (Å²) < 4.78 is 8.02. The van der Waals surface area contributed by atoms with Crippen LogP contribution in [0.1, 0.15) is 38.3 Å². The number of ether oxygens (including phenoxy) is 1. The van der Waals surface area contributed by atoms with Crippen molar-refractivity contribution in [1.29, 1.82) is 0 Å². The summed E-state index contributed by atoms with van der Waals surface area (Å²) >= 11 is 0. The second-order valence-corrected chi connectivity index (χ2v) is 6.49. The molecule has 0 amide bonds. The van der Waals surface area contributed by atoms with Gasteiger partial charge in [0.15, 0.2) is 0 Å². The monoisotopic (exact) mass is 276 g/mol. The largest absolute Gasteiger partial charge is 0.382 e. The van der Waals surface area contributed by atoms with E-state index < -0.39 is 0 Å². The highest BCUT2D eigenvalue weighted by Gasteiger charge is 2.25. The van der Waals surface area contributed by atoms with Crippen molar-refractivity contribution in [2.24, 2.45) is 11.8 Å². The van der Waals surface area contributed by atoms with Crippen LogP contribution in [0.3, 0.4) is 0 Å². The minimum absolute atomic E-state index is 0.732. The highest BCUT2D eigenvalue weighted by atomic mass is 16.5. The number of hydrogen-bond donors (Lipinski definition) is 0. The summed E-state index contributed by atoms with van der Waals surface area (Å²) in [6, 6.07) is 4.49. The van der Waals surface area contributed by atoms with Gasteiger partial charge in [-0.3, -0.25) is 4.90 Å². The van der Waals surface area contributed by atoms with E-state index in [0.29, 0.717) is 0 Å². The Morgan fingerprint density at radius 1 is 1.25 bits per heavy atom. The van der Waals surface area contributed by atoms with Crippen LogP contribution < -0.4 is 0 Å². The Balaban J connectivity index is 1.62. The Bertz CT molecular complexity index is 411. The summed E-state index contributed by atoms with van der Waals surface area (Å²) in [5.41, 5.74) is 1.49. The molecule has 0 bridgehead atoms. The molecule has 3 heteroatoms. The van der Waals surface area contributed by atoms with Crippen LogP contribution in [0.15, 0.2) is 18.3 Å². The predicted molar refractivity (Wildman–Crippen MR) is 81.7 cm³/mol. The number of nitrogens with zero attached hydrogens (tertiary/aromatic N) is 2. The van der Waals surface area contributed by atoms with Crippen LogP contribution in [0.5, 0.6) is 0 Å². The molecular formula is C17H28N2O. The molecule has 2 heterocycles. The summed E-state index contributed by atoms with van der Waals surface area (Å²) in [5.74, 6) is 1.69. The molecule has 1 atom stereocenters. The summed E-state index contributed by atoms with van der Waals surface area (Å²) in [6.07, 6.45) is 7.77. The molecule has 0 saturated heterocycles. The minimum atomic E-state index is 0.732. The average molecular weight is 276 g/mol. The Kier molecular flexibility index (Phi) is 4.79. The third-order valence-corrected chi connectivity index (χ3v) is 4.90. The van der Waals surface area contributed by atoms with Gasteiger partial charge in [0, 0.05) is 51.3 Å². The van der Waals surface area contributed by atoms with Gasteiger partial charge in [-0.15, -0.1) is 0 Å². The molecule has 0 N–H and O–H groups in total. The number of fused-ring (bicyclic) bond motifs is 1. The van der Waals surface area contributed by atoms with Crippen molar-refractivity contribution in [3.05, 3.63) is 24.0 Å². The summed E-state index contributed by atoms with van der Waals surface area (Å²) in [6.45, 7) is 8.68. The lowest BCUT2D eigenvalue weighted by Gasteiger charge is -2.32. The van der Waals surface area contributed by atoms with Crippen molar-refractivity contribution in [2.45, 2.75) is 45.7 Å². The van der Waals surface area contributed by atoms with Crippen LogP contribution in [-0.4, -0.2) is 35.8 Å². The van der Waals surface area contributed by atoms with Gasteiger partial charge < -0.3 is 9.30 Å². The van der Waals surface area contributed by atoms with Crippen LogP contribution in [0.2, 0.25) is 0 Å². The van der Waals surface area contributed by atoms with Gasteiger partial charge in [0.25, 0.3) is 0 Å². The summed E-state index contributed by atoms with van der Waals surface area (Å²) in [7, 11) is 0. The first-order chi connectivity index (χ1) is 9.85. The maximum atomic E-state index is 5.57. The average Bonchev–Trinajstić information content (AvgIpc) is 2.74. The zero-order valence-corrected chi connectivity index (χ0v) is 12.8. The minimum Gasteiger partial charge on any atom is -0.382 e. The quantitative estimate of drug-likeness (QED) is 0.743. The van der Waals surface area contributed by atoms with Crippen molar-refractivity contribution in [3.63, 3.8) is 0 Å². The number of aromatic nitrogens is 1. The smallest absolute Gasteiger partial charge is 0.0469 e. The van der Waals surface area contributed by atoms with Crippen LogP contribution >= 0.6 is 0 Å². The maximum Gasteiger partial charge on any atom is 0.0469 e. The third kappa shape index (κ3) is 3.44. The third-order valence-electron chi connectivity index (χ3n) is 4.90. The van der Waals surface area contributed by atoms with E-state index in [4.69, 9.17) is 4.74 Å². The first-order valence-corrected chi connectivity index (χ1v) is 8.29. The van der Waals surface area contributed by atoms with Gasteiger partial charge in [0.05, 0.1) is 0 Å². The Morgan fingerprint density at radius 2 is 2.15 bits per heavy atom. The van der Waals surface area contributed by atoms with Gasteiger partial charge in [0.1, 0.15) is 0 Å². The first-order valence-electron chi connectivity index (χ1n) is 8.29. The fourth-order valence-corrected chi connectivity index (χ4v) is 3.52. The molecule has 0 radical (unpaired) electrons. The zero-order chi connectivity index (χ0) is 13.8. The molecule has 1 saturated carbocycles. The molecule has 0 spiro atoms. The Morgan fingerprint density at radius 3 is 2.90 bits per heavy atom. The molecule has 1 unspecified atom stereocenters. The van der Waals surface area contributed by atoms with E-state index in [1.807, 2.05) is 0 Å². The SMILES string of the molecule is CCOCCC1CN(CC2CCC2)Cc2cccn2C1. The van der Waals surface area contributed by atoms with Gasteiger partial charge in [0.2, 0.25) is 0 Å². The van der Waals surface area contributed by atoms with Gasteiger partial charge in [-0.05, 0) is 50.2 Å². The second kappa shape index (κ2) is 6.77. The summed E-state index contributed by atoms with van der Waals surface area (Å²) in [5, 5.41) is 0. The van der Waals surface area contributed by atoms with Crippen LogP contribution in [0, 0.1) is 11.8 Å². The standard InChI is InChI=1S/C17H28N2O/c1-2-20-10-8-16-12-18(11-15-5-3-6-15)14-17-7-4-9-19(17)13-16/h4,7,9,15-16H,2-3,5-6,8,10-14H2,1H3. The number of rotatable bonds is 6. The molecular weight excluding hydrogens is 248 g/mol. The lowest BCUT2D eigenvalue weighted by Crippen LogP contribution is -2.35. The van der Waals surface area contributed by atoms with Crippen LogP contribution in [0.25, 0.3) is 0 Å². The van der Waals surface area contributed by atoms with E-state index in [1.165, 1.54) is 44.5 Å². The fourth-order valence-electron chi connectivity index (χ4n) is 3.52. The van der Waals surface area contributed by atoms with Gasteiger partial charge >= 0.3 is 0 Å². The molecule has 3 nitrogen and oxygen atoms in total. The fraction of sp³-hybridized carbons (Fsp3) is 0.765. The first kappa shape index (κ1) is 14.2. The van der Waals surface area contributed by atoms with E-state index in [9.17, 15) is 0 Å². The van der Waals surface area contributed by atoms with Crippen molar-refractivity contribution in [3.8, 4) is 0 Å². The zero-order valence-electron chi connectivity index (χ0n) is 12.8. The topological polar surface area (TPSA) is 17.4 Å². The molecule has 1 fully saturated rings. The van der Waals surface area contributed by atoms with Gasteiger partial charge in [-0.25, -0.2) is 0 Å². The molecule has 1 aliphatic carbocycles. The lowest BCUT2D eigenvalue weighted by molar-refractivity contribution is 0.110. The number of hydrogen-bond acceptors (Lipinski definition) is 2. The molecule has 20 heavy (non-hydrogen) atoms. The van der Waals surface area contributed by atoms with Crippen molar-refractivity contribution in [2.75, 3.05) is 26.3 Å². The van der Waals surface area contributed by atoms with Crippen molar-refractivity contribution < 1.29 is 4.74 Å². The molecule has 2 aliphatic rings. The van der Waals surface area contributed by atoms with E-state index >= 15 is 0 Å². The highest BCUT2D eigenvalue weighted by molar-refractivity contribution is 5.08. The molecule has 0 aromatic carbocycles. The van der Waals surface area contributed by atoms with E-state index in [-0.39, 0.29) is 0 Å². The van der Waals surface area contributed by atoms with E-state index in [0.717, 1.165) is 38.1 Å². The Labute approximate surface area is 122 Å². The normalized spacial score (nSPS) is 24.1. The van der Waals surface area contributed by atoms with Gasteiger partial charge in [-0.1, -0.05) is 6.42 Å². The van der Waals surface area contributed by atoms with E-state index in [1.54, 1.807) is 0 Å². The highest BCUT2D eigenvalue weighted by Crippen LogP contribution is 2.29. The molecule has 1 aromatic rings. The maximum absolute atomic E-state index is 5.57. The second-order valence-electron chi connectivity index (χ2n) is 6.49. The van der Waals surface area contributed by atoms with Crippen LogP contribution in [-0.2, 0) is 17.8 Å². The lowest BCUT2D eigenvalue weighted by atomic mass is 9.85. The van der Waals surface area contributed by atoms with Crippen molar-refractivity contribution in [1.82, 2.24) is 9.47 Å². The van der Waals surface area contributed by atoms with Crippen molar-refractivity contribution >= 4 is 0 Å². The van der Waals surface area contributed by atoms with Gasteiger partial charge in [-0.2, -0.15) is 0 Å². The predicted octanol–water partition coefficient (Wildman–Crippen LogP) is 3.15. The van der Waals surface area contributed by atoms with Crippen LogP contribution in [0.4, 0.5) is 0 Å². The molecule has 1 aliphatic heterocycles. The molecule has 3 rings (SSSR count). The van der Waals surface area contributed by atoms with E-state index in [2.05, 4.69) is 34.7 Å². The molecule has 1 aromatic heterocycles. The Hall–Kier alpha value is -0.800. The molecule has 112 valence electrons.